The molecule has 25 heavy (non-hydrogen) atoms. The van der Waals surface area contributed by atoms with Crippen LogP contribution < -0.4 is 5.73 Å². The van der Waals surface area contributed by atoms with Gasteiger partial charge in [0, 0.05) is 5.69 Å². The molecule has 1 atom stereocenters. The van der Waals surface area contributed by atoms with E-state index in [4.69, 9.17) is 10.5 Å². The number of piperidine rings is 1. The topological polar surface area (TPSA) is 55.6 Å². The van der Waals surface area contributed by atoms with Crippen LogP contribution in [-0.4, -0.2) is 30.6 Å². The third-order valence-electron chi connectivity index (χ3n) is 4.93. The van der Waals surface area contributed by atoms with E-state index in [0.29, 0.717) is 12.5 Å². The normalized spacial score (nSPS) is 17.2. The molecule has 0 aromatic heterocycles. The number of nitrogen functional groups attached to an aromatic ring is 1. The predicted molar refractivity (Wildman–Crippen MR) is 100 cm³/mol. The first-order valence-electron chi connectivity index (χ1n) is 9.00. The Balaban J connectivity index is 1.71. The summed E-state index contributed by atoms with van der Waals surface area (Å²) < 4.78 is 5.34. The van der Waals surface area contributed by atoms with Crippen LogP contribution in [0.3, 0.4) is 0 Å². The van der Waals surface area contributed by atoms with Gasteiger partial charge < -0.3 is 10.5 Å². The van der Waals surface area contributed by atoms with Gasteiger partial charge in [0.15, 0.2) is 0 Å². The van der Waals surface area contributed by atoms with Crippen molar-refractivity contribution in [2.75, 3.05) is 25.4 Å². The second-order valence-electron chi connectivity index (χ2n) is 6.54. The van der Waals surface area contributed by atoms with E-state index >= 15 is 0 Å². The average Bonchev–Trinajstić information content (AvgIpc) is 2.64. The zero-order valence-electron chi connectivity index (χ0n) is 14.7. The zero-order chi connectivity index (χ0) is 17.6. The van der Waals surface area contributed by atoms with E-state index in [1.165, 1.54) is 5.56 Å². The standard InChI is InChI=1S/C21H26N2O2/c1-2-25-21(24)20(18-6-4-3-5-7-18)23-14-12-17(13-15-23)16-8-10-19(22)11-9-16/h3-11,17,20H,2,12-15,22H2,1H3. The molecule has 4 nitrogen and oxygen atoms in total. The number of nitrogens with zero attached hydrogens (tertiary/aromatic N) is 1. The van der Waals surface area contributed by atoms with Gasteiger partial charge in [0.25, 0.3) is 0 Å². The van der Waals surface area contributed by atoms with Crippen molar-refractivity contribution < 1.29 is 9.53 Å². The Labute approximate surface area is 149 Å². The monoisotopic (exact) mass is 338 g/mol. The fraction of sp³-hybridized carbons (Fsp3) is 0.381. The van der Waals surface area contributed by atoms with E-state index in [1.54, 1.807) is 0 Å². The Morgan fingerprint density at radius 3 is 2.36 bits per heavy atom. The van der Waals surface area contributed by atoms with E-state index in [-0.39, 0.29) is 12.0 Å². The smallest absolute Gasteiger partial charge is 0.327 e. The quantitative estimate of drug-likeness (QED) is 0.666. The first kappa shape index (κ1) is 17.5. The highest BCUT2D eigenvalue weighted by molar-refractivity contribution is 5.77. The molecule has 2 aromatic carbocycles. The van der Waals surface area contributed by atoms with E-state index in [0.717, 1.165) is 37.2 Å². The molecule has 0 aliphatic carbocycles. The van der Waals surface area contributed by atoms with Gasteiger partial charge >= 0.3 is 5.97 Å². The molecule has 1 aliphatic rings. The van der Waals surface area contributed by atoms with Crippen LogP contribution in [0.25, 0.3) is 0 Å². The summed E-state index contributed by atoms with van der Waals surface area (Å²) in [6.45, 7) is 4.03. The number of esters is 1. The molecule has 1 aliphatic heterocycles. The highest BCUT2D eigenvalue weighted by Gasteiger charge is 2.32. The van der Waals surface area contributed by atoms with Crippen molar-refractivity contribution in [3.05, 3.63) is 65.7 Å². The van der Waals surface area contributed by atoms with Crippen LogP contribution in [-0.2, 0) is 9.53 Å². The summed E-state index contributed by atoms with van der Waals surface area (Å²) in [5, 5.41) is 0. The highest BCUT2D eigenvalue weighted by atomic mass is 16.5. The molecule has 1 heterocycles. The van der Waals surface area contributed by atoms with Crippen LogP contribution in [0.15, 0.2) is 54.6 Å². The van der Waals surface area contributed by atoms with Crippen molar-refractivity contribution in [3.8, 4) is 0 Å². The number of nitrogens with two attached hydrogens (primary N) is 1. The Morgan fingerprint density at radius 2 is 1.76 bits per heavy atom. The number of hydrogen-bond acceptors (Lipinski definition) is 4. The molecule has 132 valence electrons. The molecule has 0 saturated carbocycles. The van der Waals surface area contributed by atoms with Crippen LogP contribution in [0, 0.1) is 0 Å². The Hall–Kier alpha value is -2.33. The van der Waals surface area contributed by atoms with Gasteiger partial charge in [0.05, 0.1) is 6.61 Å². The van der Waals surface area contributed by atoms with Gasteiger partial charge in [0.2, 0.25) is 0 Å². The number of benzene rings is 2. The van der Waals surface area contributed by atoms with Crippen molar-refractivity contribution in [1.82, 2.24) is 4.90 Å². The van der Waals surface area contributed by atoms with Crippen molar-refractivity contribution in [2.45, 2.75) is 31.7 Å². The summed E-state index contributed by atoms with van der Waals surface area (Å²) in [6, 6.07) is 17.8. The summed E-state index contributed by atoms with van der Waals surface area (Å²) >= 11 is 0. The molecular weight excluding hydrogens is 312 g/mol. The van der Waals surface area contributed by atoms with Crippen LogP contribution in [0.2, 0.25) is 0 Å². The lowest BCUT2D eigenvalue weighted by molar-refractivity contribution is -0.150. The molecule has 0 amide bonds. The number of rotatable bonds is 5. The van der Waals surface area contributed by atoms with Crippen molar-refractivity contribution in [3.63, 3.8) is 0 Å². The molecule has 2 N–H and O–H groups in total. The summed E-state index contributed by atoms with van der Waals surface area (Å²) in [5.41, 5.74) is 8.92. The van der Waals surface area contributed by atoms with Gasteiger partial charge in [-0.2, -0.15) is 0 Å². The fourth-order valence-corrected chi connectivity index (χ4v) is 3.61. The minimum Gasteiger partial charge on any atom is -0.465 e. The second-order valence-corrected chi connectivity index (χ2v) is 6.54. The van der Waals surface area contributed by atoms with Gasteiger partial charge in [-0.05, 0) is 62.0 Å². The minimum absolute atomic E-state index is 0.153. The molecule has 4 heteroatoms. The fourth-order valence-electron chi connectivity index (χ4n) is 3.61. The number of carbonyl (C=O) groups excluding carboxylic acids is 1. The van der Waals surface area contributed by atoms with Crippen LogP contribution >= 0.6 is 0 Å². The van der Waals surface area contributed by atoms with Crippen molar-refractivity contribution in [1.29, 1.82) is 0 Å². The number of ether oxygens (including phenoxy) is 1. The third-order valence-corrected chi connectivity index (χ3v) is 4.93. The SMILES string of the molecule is CCOC(=O)C(c1ccccc1)N1CCC(c2ccc(N)cc2)CC1. The average molecular weight is 338 g/mol. The maximum Gasteiger partial charge on any atom is 0.327 e. The molecular formula is C21H26N2O2. The summed E-state index contributed by atoms with van der Waals surface area (Å²) in [4.78, 5) is 14.8. The maximum atomic E-state index is 12.6. The predicted octanol–water partition coefficient (Wildman–Crippen LogP) is 3.75. The van der Waals surface area contributed by atoms with Gasteiger partial charge in [-0.25, -0.2) is 4.79 Å². The maximum absolute atomic E-state index is 12.6. The van der Waals surface area contributed by atoms with Crippen LogP contribution in [0.5, 0.6) is 0 Å². The third kappa shape index (κ3) is 4.20. The van der Waals surface area contributed by atoms with Crippen molar-refractivity contribution in [2.24, 2.45) is 0 Å². The molecule has 3 rings (SSSR count). The summed E-state index contributed by atoms with van der Waals surface area (Å²) in [5.74, 6) is 0.370. The molecule has 1 unspecified atom stereocenters. The summed E-state index contributed by atoms with van der Waals surface area (Å²) in [7, 11) is 0. The minimum atomic E-state index is -0.312. The van der Waals surface area contributed by atoms with Gasteiger partial charge in [0.1, 0.15) is 6.04 Å². The Morgan fingerprint density at radius 1 is 1.12 bits per heavy atom. The van der Waals surface area contributed by atoms with E-state index < -0.39 is 0 Å². The number of carbonyl (C=O) groups is 1. The molecule has 0 bridgehead atoms. The molecule has 0 spiro atoms. The van der Waals surface area contributed by atoms with Gasteiger partial charge in [-0.3, -0.25) is 4.90 Å². The lowest BCUT2D eigenvalue weighted by Gasteiger charge is -2.36. The van der Waals surface area contributed by atoms with E-state index in [1.807, 2.05) is 49.4 Å². The van der Waals surface area contributed by atoms with Crippen LogP contribution in [0.4, 0.5) is 5.69 Å². The molecule has 1 fully saturated rings. The number of hydrogen-bond donors (Lipinski definition) is 1. The first-order chi connectivity index (χ1) is 12.2. The van der Waals surface area contributed by atoms with E-state index in [2.05, 4.69) is 17.0 Å². The van der Waals surface area contributed by atoms with Crippen molar-refractivity contribution >= 4 is 11.7 Å². The lowest BCUT2D eigenvalue weighted by atomic mass is 9.88. The largest absolute Gasteiger partial charge is 0.465 e. The lowest BCUT2D eigenvalue weighted by Crippen LogP contribution is -2.40. The first-order valence-corrected chi connectivity index (χ1v) is 9.00. The number of likely N-dealkylation sites (tertiary alicyclic amines) is 1. The highest BCUT2D eigenvalue weighted by Crippen LogP contribution is 2.33. The number of anilines is 1. The molecule has 2 aromatic rings. The Bertz CT molecular complexity index is 677. The van der Waals surface area contributed by atoms with Gasteiger partial charge in [-0.1, -0.05) is 42.5 Å². The van der Waals surface area contributed by atoms with E-state index in [9.17, 15) is 4.79 Å². The molecule has 0 radical (unpaired) electrons. The second kappa shape index (κ2) is 8.17. The Kier molecular flexibility index (Phi) is 5.71. The zero-order valence-corrected chi connectivity index (χ0v) is 14.7. The summed E-state index contributed by atoms with van der Waals surface area (Å²) in [6.07, 6.45) is 2.07. The van der Waals surface area contributed by atoms with Gasteiger partial charge in [-0.15, -0.1) is 0 Å². The van der Waals surface area contributed by atoms with Crippen LogP contribution in [0.1, 0.15) is 42.9 Å². The molecule has 1 saturated heterocycles.